The van der Waals surface area contributed by atoms with Crippen molar-refractivity contribution in [3.63, 3.8) is 0 Å². The van der Waals surface area contributed by atoms with E-state index in [9.17, 15) is 14.4 Å². The predicted molar refractivity (Wildman–Crippen MR) is 127 cm³/mol. The highest BCUT2D eigenvalue weighted by Crippen LogP contribution is 2.28. The zero-order valence-corrected chi connectivity index (χ0v) is 18.1. The first-order valence-corrected chi connectivity index (χ1v) is 10.8. The Kier molecular flexibility index (Phi) is 6.69. The minimum Gasteiger partial charge on any atom is -0.483 e. The van der Waals surface area contributed by atoms with Crippen molar-refractivity contribution in [3.05, 3.63) is 89.5 Å². The van der Waals surface area contributed by atoms with Crippen LogP contribution in [0.5, 0.6) is 5.75 Å². The number of primary amides is 1. The number of hydrogen-bond donors (Lipinski definition) is 2. The maximum Gasteiger partial charge on any atom is 0.259 e. The van der Waals surface area contributed by atoms with E-state index in [0.717, 1.165) is 24.9 Å². The minimum absolute atomic E-state index is 0.0626. The van der Waals surface area contributed by atoms with Crippen LogP contribution in [0.25, 0.3) is 0 Å². The van der Waals surface area contributed by atoms with Gasteiger partial charge in [0.05, 0.1) is 5.56 Å². The van der Waals surface area contributed by atoms with Crippen molar-refractivity contribution >= 4 is 29.1 Å². The molecule has 0 saturated carbocycles. The van der Waals surface area contributed by atoms with E-state index in [1.54, 1.807) is 48.5 Å². The third kappa shape index (κ3) is 5.20. The zero-order chi connectivity index (χ0) is 23.2. The van der Waals surface area contributed by atoms with E-state index in [0.29, 0.717) is 17.8 Å². The average Bonchev–Trinajstić information content (AvgIpc) is 3.05. The van der Waals surface area contributed by atoms with Crippen LogP contribution in [0.1, 0.15) is 39.1 Å². The molecule has 33 heavy (non-hydrogen) atoms. The number of benzene rings is 3. The second-order valence-corrected chi connectivity index (χ2v) is 7.83. The lowest BCUT2D eigenvalue weighted by molar-refractivity contribution is -0.119. The van der Waals surface area contributed by atoms with Crippen LogP contribution < -0.4 is 20.7 Å². The summed E-state index contributed by atoms with van der Waals surface area (Å²) in [6, 6.07) is 21.4. The normalized spacial score (nSPS) is 12.9. The Bertz CT molecular complexity index is 1170. The van der Waals surface area contributed by atoms with E-state index in [1.807, 2.05) is 23.1 Å². The molecule has 4 rings (SSSR count). The molecule has 3 N–H and O–H groups in total. The molecule has 3 aromatic rings. The zero-order valence-electron chi connectivity index (χ0n) is 18.1. The highest BCUT2D eigenvalue weighted by Gasteiger charge is 2.22. The number of nitrogens with zero attached hydrogens (tertiary/aromatic N) is 1. The largest absolute Gasteiger partial charge is 0.483 e. The third-order valence-electron chi connectivity index (χ3n) is 5.50. The van der Waals surface area contributed by atoms with Crippen LogP contribution in [-0.4, -0.2) is 30.9 Å². The SMILES string of the molecule is NC(=O)COc1ccccc1C(=O)Nc1ccc(C(=O)N2CCCCc3ccccc32)cc1. The van der Waals surface area contributed by atoms with Crippen molar-refractivity contribution in [2.45, 2.75) is 19.3 Å². The van der Waals surface area contributed by atoms with Crippen molar-refractivity contribution in [1.29, 1.82) is 0 Å². The summed E-state index contributed by atoms with van der Waals surface area (Å²) in [5.74, 6) is -0.819. The summed E-state index contributed by atoms with van der Waals surface area (Å²) >= 11 is 0. The van der Waals surface area contributed by atoms with Gasteiger partial charge in [0.1, 0.15) is 5.75 Å². The number of anilines is 2. The number of carbonyl (C=O) groups excluding carboxylic acids is 3. The van der Waals surface area contributed by atoms with Crippen molar-refractivity contribution in [2.75, 3.05) is 23.4 Å². The lowest BCUT2D eigenvalue weighted by Crippen LogP contribution is -2.31. The fraction of sp³-hybridized carbons (Fsp3) is 0.192. The van der Waals surface area contributed by atoms with Crippen molar-refractivity contribution in [3.8, 4) is 5.75 Å². The number of hydrogen-bond acceptors (Lipinski definition) is 4. The Labute approximate surface area is 192 Å². The quantitative estimate of drug-likeness (QED) is 0.605. The lowest BCUT2D eigenvalue weighted by Gasteiger charge is -2.23. The van der Waals surface area contributed by atoms with E-state index in [-0.39, 0.29) is 23.8 Å². The average molecular weight is 444 g/mol. The van der Waals surface area contributed by atoms with Gasteiger partial charge in [0, 0.05) is 23.5 Å². The van der Waals surface area contributed by atoms with Gasteiger partial charge in [-0.1, -0.05) is 30.3 Å². The number of fused-ring (bicyclic) bond motifs is 1. The summed E-state index contributed by atoms with van der Waals surface area (Å²) in [4.78, 5) is 38.8. The molecule has 0 aliphatic carbocycles. The van der Waals surface area contributed by atoms with E-state index >= 15 is 0 Å². The second kappa shape index (κ2) is 9.99. The maximum atomic E-state index is 13.2. The number of carbonyl (C=O) groups is 3. The highest BCUT2D eigenvalue weighted by atomic mass is 16.5. The second-order valence-electron chi connectivity index (χ2n) is 7.83. The van der Waals surface area contributed by atoms with E-state index in [4.69, 9.17) is 10.5 Å². The van der Waals surface area contributed by atoms with Crippen molar-refractivity contribution in [2.24, 2.45) is 5.73 Å². The van der Waals surface area contributed by atoms with Gasteiger partial charge in [-0.05, 0) is 67.3 Å². The summed E-state index contributed by atoms with van der Waals surface area (Å²) in [5.41, 5.74) is 8.64. The van der Waals surface area contributed by atoms with Crippen LogP contribution in [0.2, 0.25) is 0 Å². The molecule has 0 saturated heterocycles. The molecule has 3 amide bonds. The van der Waals surface area contributed by atoms with E-state index < -0.39 is 11.8 Å². The van der Waals surface area contributed by atoms with E-state index in [1.165, 1.54) is 5.56 Å². The molecule has 0 atom stereocenters. The molecule has 0 fully saturated rings. The van der Waals surface area contributed by atoms with Gasteiger partial charge in [-0.2, -0.15) is 0 Å². The molecule has 0 unspecified atom stereocenters. The summed E-state index contributed by atoms with van der Waals surface area (Å²) in [6.45, 7) is 0.358. The smallest absolute Gasteiger partial charge is 0.259 e. The lowest BCUT2D eigenvalue weighted by atomic mass is 10.1. The van der Waals surface area contributed by atoms with Gasteiger partial charge in [-0.3, -0.25) is 14.4 Å². The molecule has 7 heteroatoms. The third-order valence-corrected chi connectivity index (χ3v) is 5.50. The van der Waals surface area contributed by atoms with Gasteiger partial charge < -0.3 is 20.7 Å². The number of aryl methyl sites for hydroxylation is 1. The van der Waals surface area contributed by atoms with Gasteiger partial charge in [-0.25, -0.2) is 0 Å². The fourth-order valence-corrected chi connectivity index (χ4v) is 3.88. The van der Waals surface area contributed by atoms with Crippen LogP contribution in [0.15, 0.2) is 72.8 Å². The standard InChI is InChI=1S/C26H25N3O4/c27-24(30)17-33-23-11-4-2-9-21(23)25(31)28-20-14-12-19(13-15-20)26(32)29-16-6-5-8-18-7-1-3-10-22(18)29/h1-4,7,9-15H,5-6,8,16-17H2,(H2,27,30)(H,28,31). The molecule has 0 spiro atoms. The Morgan fingerprint density at radius 1 is 0.909 bits per heavy atom. The molecule has 168 valence electrons. The number of rotatable bonds is 6. The molecule has 7 nitrogen and oxygen atoms in total. The van der Waals surface area contributed by atoms with Crippen LogP contribution in [0.4, 0.5) is 11.4 Å². The summed E-state index contributed by atoms with van der Waals surface area (Å²) < 4.78 is 5.33. The molecular weight excluding hydrogens is 418 g/mol. The molecule has 0 radical (unpaired) electrons. The minimum atomic E-state index is -0.627. The highest BCUT2D eigenvalue weighted by molar-refractivity contribution is 6.08. The molecular formula is C26H25N3O4. The van der Waals surface area contributed by atoms with Crippen LogP contribution in [-0.2, 0) is 11.2 Å². The Morgan fingerprint density at radius 2 is 1.64 bits per heavy atom. The van der Waals surface area contributed by atoms with Crippen LogP contribution in [0.3, 0.4) is 0 Å². The van der Waals surface area contributed by atoms with Gasteiger partial charge in [0.2, 0.25) is 0 Å². The molecule has 1 aliphatic heterocycles. The molecule has 0 bridgehead atoms. The van der Waals surface area contributed by atoms with Crippen LogP contribution >= 0.6 is 0 Å². The summed E-state index contributed by atoms with van der Waals surface area (Å²) in [5, 5.41) is 2.80. The summed E-state index contributed by atoms with van der Waals surface area (Å²) in [6.07, 6.45) is 2.97. The molecule has 3 aromatic carbocycles. The molecule has 1 aliphatic rings. The van der Waals surface area contributed by atoms with Crippen LogP contribution in [0, 0.1) is 0 Å². The number of ether oxygens (including phenoxy) is 1. The first kappa shape index (κ1) is 22.1. The van der Waals surface area contributed by atoms with Gasteiger partial charge in [0.15, 0.2) is 6.61 Å². The molecule has 1 heterocycles. The Hall–Kier alpha value is -4.13. The number of amides is 3. The molecule has 0 aromatic heterocycles. The predicted octanol–water partition coefficient (Wildman–Crippen LogP) is 3.79. The number of para-hydroxylation sites is 2. The first-order chi connectivity index (χ1) is 16.0. The van der Waals surface area contributed by atoms with Gasteiger partial charge in [-0.15, -0.1) is 0 Å². The fourth-order valence-electron chi connectivity index (χ4n) is 3.88. The topological polar surface area (TPSA) is 102 Å². The van der Waals surface area contributed by atoms with Crippen molar-refractivity contribution < 1.29 is 19.1 Å². The summed E-state index contributed by atoms with van der Waals surface area (Å²) in [7, 11) is 0. The van der Waals surface area contributed by atoms with E-state index in [2.05, 4.69) is 11.4 Å². The Balaban J connectivity index is 1.48. The van der Waals surface area contributed by atoms with Gasteiger partial charge in [0.25, 0.3) is 17.7 Å². The first-order valence-electron chi connectivity index (χ1n) is 10.8. The van der Waals surface area contributed by atoms with Crippen molar-refractivity contribution in [1.82, 2.24) is 0 Å². The van der Waals surface area contributed by atoms with Gasteiger partial charge >= 0.3 is 0 Å². The number of nitrogens with two attached hydrogens (primary N) is 1. The number of nitrogens with one attached hydrogen (secondary N) is 1. The Morgan fingerprint density at radius 3 is 2.42 bits per heavy atom. The maximum absolute atomic E-state index is 13.2. The monoisotopic (exact) mass is 443 g/mol.